The Hall–Kier alpha value is -1.55. The zero-order chi connectivity index (χ0) is 21.8. The van der Waals surface area contributed by atoms with Gasteiger partial charge in [0.25, 0.3) is 0 Å². The van der Waals surface area contributed by atoms with Crippen LogP contribution in [0.15, 0.2) is 40.2 Å². The fraction of sp³-hybridized carbons (Fsp3) is 0.476. The first-order chi connectivity index (χ1) is 14.3. The lowest BCUT2D eigenvalue weighted by atomic mass is 9.92. The van der Waals surface area contributed by atoms with Crippen LogP contribution in [0, 0.1) is 5.92 Å². The predicted octanol–water partition coefficient (Wildman–Crippen LogP) is 3.81. The molecule has 3 atom stereocenters. The van der Waals surface area contributed by atoms with Gasteiger partial charge >= 0.3 is 11.8 Å². The predicted molar refractivity (Wildman–Crippen MR) is 135 cm³/mol. The number of hydrogen-bond donors (Lipinski definition) is 1. The monoisotopic (exact) mass is 518 g/mol. The molecule has 7 nitrogen and oxygen atoms in total. The number of carbonyl (C=O) groups is 3. The van der Waals surface area contributed by atoms with Crippen molar-refractivity contribution in [2.45, 2.75) is 45.2 Å². The topological polar surface area (TPSA) is 91.2 Å². The Kier molecular flexibility index (Phi) is 11.2. The number of halogens is 2. The van der Waals surface area contributed by atoms with Crippen LogP contribution in [-0.4, -0.2) is 47.7 Å². The normalized spacial score (nSPS) is 20.1. The Balaban J connectivity index is 0.00000256. The zero-order valence-electron chi connectivity index (χ0n) is 17.9. The van der Waals surface area contributed by atoms with Crippen LogP contribution < -0.4 is 5.32 Å². The maximum atomic E-state index is 12.8. The first-order valence-corrected chi connectivity index (χ1v) is 10.7. The van der Waals surface area contributed by atoms with Crippen molar-refractivity contribution in [3.05, 3.63) is 45.6 Å². The van der Waals surface area contributed by atoms with E-state index in [-0.39, 0.29) is 57.2 Å². The molecule has 0 saturated carbocycles. The summed E-state index contributed by atoms with van der Waals surface area (Å²) in [5.41, 5.74) is 1.44. The molecule has 11 heteroatoms. The van der Waals surface area contributed by atoms with E-state index < -0.39 is 11.8 Å². The molecule has 0 aromatic heterocycles. The van der Waals surface area contributed by atoms with E-state index in [9.17, 15) is 14.4 Å². The summed E-state index contributed by atoms with van der Waals surface area (Å²) >= 11 is 12.0. The molecule has 2 amide bonds. The number of benzene rings is 1. The smallest absolute Gasteiger partial charge is 0.312 e. The number of ketones is 1. The van der Waals surface area contributed by atoms with E-state index >= 15 is 0 Å². The van der Waals surface area contributed by atoms with Crippen molar-refractivity contribution in [2.24, 2.45) is 16.1 Å². The summed E-state index contributed by atoms with van der Waals surface area (Å²) in [4.78, 5) is 39.5. The lowest BCUT2D eigenvalue weighted by Gasteiger charge is -2.25. The number of amides is 2. The average molecular weight is 520 g/mol. The van der Waals surface area contributed by atoms with Crippen molar-refractivity contribution >= 4 is 67.8 Å². The van der Waals surface area contributed by atoms with Crippen LogP contribution in [0.3, 0.4) is 0 Å². The van der Waals surface area contributed by atoms with Gasteiger partial charge in [-0.3, -0.25) is 14.4 Å². The van der Waals surface area contributed by atoms with Crippen molar-refractivity contribution < 1.29 is 14.4 Å². The van der Waals surface area contributed by atoms with Gasteiger partial charge in [-0.25, -0.2) is 0 Å². The minimum Gasteiger partial charge on any atom is -0.339 e. The molecule has 0 aliphatic carbocycles. The van der Waals surface area contributed by atoms with E-state index in [4.69, 9.17) is 23.2 Å². The van der Waals surface area contributed by atoms with E-state index in [0.29, 0.717) is 41.7 Å². The molecule has 176 valence electrons. The molecule has 1 saturated heterocycles. The van der Waals surface area contributed by atoms with Crippen molar-refractivity contribution in [3.8, 4) is 0 Å². The van der Waals surface area contributed by atoms with Crippen LogP contribution in [0.2, 0.25) is 10.0 Å². The summed E-state index contributed by atoms with van der Waals surface area (Å²) in [7, 11) is 0. The van der Waals surface area contributed by atoms with Gasteiger partial charge in [0.05, 0.1) is 28.3 Å². The van der Waals surface area contributed by atoms with Gasteiger partial charge in [-0.05, 0) is 43.5 Å². The van der Waals surface area contributed by atoms with E-state index in [1.807, 2.05) is 13.0 Å². The van der Waals surface area contributed by atoms with E-state index in [1.165, 1.54) is 4.90 Å². The second-order valence-corrected chi connectivity index (χ2v) is 8.33. The first-order valence-electron chi connectivity index (χ1n) is 9.97. The number of likely N-dealkylation sites (tertiary alicyclic amines) is 1. The molecule has 2 aliphatic heterocycles. The molecule has 0 spiro atoms. The molecule has 2 aliphatic rings. The fourth-order valence-electron chi connectivity index (χ4n) is 3.88. The van der Waals surface area contributed by atoms with Crippen LogP contribution in [0.1, 0.15) is 32.3 Å². The third-order valence-electron chi connectivity index (χ3n) is 5.62. The van der Waals surface area contributed by atoms with Crippen molar-refractivity contribution in [2.75, 3.05) is 13.1 Å². The van der Waals surface area contributed by atoms with Crippen molar-refractivity contribution in [1.29, 1.82) is 0 Å². The second kappa shape index (κ2) is 12.6. The molecule has 3 rings (SSSR count). The number of azo groups is 1. The molecule has 1 aromatic carbocycles. The van der Waals surface area contributed by atoms with Crippen molar-refractivity contribution in [3.63, 3.8) is 0 Å². The molecule has 2 heterocycles. The van der Waals surface area contributed by atoms with Crippen LogP contribution in [0.4, 0.5) is 0 Å². The SMILES string of the molecule is CC[C@@H](NC(=O)C(=O)N1CC[C@H](C(=O)Cc2ccc(Cl)c(Cl)c2)[C@@H]1C)C1=CCN=N1.S.S. The number of hydrogen-bond acceptors (Lipinski definition) is 5. The highest BCUT2D eigenvalue weighted by atomic mass is 35.5. The lowest BCUT2D eigenvalue weighted by molar-refractivity contribution is -0.147. The first kappa shape index (κ1) is 28.5. The third kappa shape index (κ3) is 6.50. The fourth-order valence-corrected chi connectivity index (χ4v) is 4.20. The van der Waals surface area contributed by atoms with Gasteiger partial charge in [0, 0.05) is 24.9 Å². The van der Waals surface area contributed by atoms with Gasteiger partial charge in [0.2, 0.25) is 0 Å². The molecule has 1 fully saturated rings. The van der Waals surface area contributed by atoms with Gasteiger partial charge < -0.3 is 10.2 Å². The lowest BCUT2D eigenvalue weighted by Crippen LogP contribution is -2.48. The van der Waals surface area contributed by atoms with Crippen LogP contribution >= 0.6 is 50.2 Å². The molecule has 1 aromatic rings. The van der Waals surface area contributed by atoms with Gasteiger partial charge in [-0.1, -0.05) is 36.2 Å². The number of rotatable bonds is 6. The Labute approximate surface area is 211 Å². The van der Waals surface area contributed by atoms with Crippen LogP contribution in [0.25, 0.3) is 0 Å². The van der Waals surface area contributed by atoms with Gasteiger partial charge in [-0.15, -0.1) is 0 Å². The quantitative estimate of drug-likeness (QED) is 0.580. The molecule has 0 radical (unpaired) electrons. The molecular formula is C21H28Cl2N4O3S2. The maximum absolute atomic E-state index is 12.8. The summed E-state index contributed by atoms with van der Waals surface area (Å²) in [5.74, 6) is -1.63. The number of nitrogens with zero attached hydrogens (tertiary/aromatic N) is 3. The highest BCUT2D eigenvalue weighted by molar-refractivity contribution is 7.59. The number of nitrogens with one attached hydrogen (secondary N) is 1. The molecule has 32 heavy (non-hydrogen) atoms. The van der Waals surface area contributed by atoms with Gasteiger partial charge in [0.15, 0.2) is 0 Å². The highest BCUT2D eigenvalue weighted by Crippen LogP contribution is 2.28. The summed E-state index contributed by atoms with van der Waals surface area (Å²) in [6, 6.07) is 4.40. The minimum atomic E-state index is -0.686. The minimum absolute atomic E-state index is 0. The number of Topliss-reactive ketones (excluding diaryl/α,β-unsaturated/α-hetero) is 1. The van der Waals surface area contributed by atoms with Crippen LogP contribution in [0.5, 0.6) is 0 Å². The van der Waals surface area contributed by atoms with Gasteiger partial charge in [-0.2, -0.15) is 37.2 Å². The standard InChI is InChI=1S/C21H24Cl2N4O3.2H2S/c1-3-17(18-6-8-24-26-18)25-20(29)21(30)27-9-7-14(12(27)2)19(28)11-13-4-5-15(22)16(23)10-13;;/h4-6,10,12,14,17H,3,7-9,11H2,1-2H3,(H,25,29);2*1H2/t12-,14-,17+;;/m0../s1. The molecule has 0 bridgehead atoms. The van der Waals surface area contributed by atoms with Crippen molar-refractivity contribution in [1.82, 2.24) is 10.2 Å². The maximum Gasteiger partial charge on any atom is 0.312 e. The summed E-state index contributed by atoms with van der Waals surface area (Å²) < 4.78 is 0. The highest BCUT2D eigenvalue weighted by Gasteiger charge is 2.40. The molecular weight excluding hydrogens is 491 g/mol. The largest absolute Gasteiger partial charge is 0.339 e. The summed E-state index contributed by atoms with van der Waals surface area (Å²) in [6.45, 7) is 4.56. The Morgan fingerprint density at radius 3 is 2.53 bits per heavy atom. The Morgan fingerprint density at radius 2 is 1.94 bits per heavy atom. The number of carbonyl (C=O) groups excluding carboxylic acids is 3. The molecule has 1 N–H and O–H groups in total. The van der Waals surface area contributed by atoms with E-state index in [1.54, 1.807) is 25.1 Å². The Morgan fingerprint density at radius 1 is 1.22 bits per heavy atom. The van der Waals surface area contributed by atoms with E-state index in [2.05, 4.69) is 15.5 Å². The molecule has 0 unspecified atom stereocenters. The Bertz CT molecular complexity index is 926. The average Bonchev–Trinajstić information content (AvgIpc) is 3.38. The van der Waals surface area contributed by atoms with Crippen LogP contribution in [-0.2, 0) is 20.8 Å². The van der Waals surface area contributed by atoms with Gasteiger partial charge in [0.1, 0.15) is 5.78 Å². The van der Waals surface area contributed by atoms with E-state index in [0.717, 1.165) is 5.56 Å². The summed E-state index contributed by atoms with van der Waals surface area (Å²) in [6.07, 6.45) is 3.16. The second-order valence-electron chi connectivity index (χ2n) is 7.51. The summed E-state index contributed by atoms with van der Waals surface area (Å²) in [5, 5.41) is 11.5. The third-order valence-corrected chi connectivity index (χ3v) is 6.36. The zero-order valence-corrected chi connectivity index (χ0v) is 21.4.